The Morgan fingerprint density at radius 2 is 1.97 bits per heavy atom. The fourth-order valence-corrected chi connectivity index (χ4v) is 6.42. The highest BCUT2D eigenvalue weighted by molar-refractivity contribution is 5.83. The first-order valence-electron chi connectivity index (χ1n) is 12.5. The molecule has 0 radical (unpaired) electrons. The van der Waals surface area contributed by atoms with Crippen LogP contribution in [0.2, 0.25) is 0 Å². The number of aliphatic hydroxyl groups excluding tert-OH is 2. The maximum atomic E-state index is 12.5. The molecular formula is C25H32N6O5. The second-order valence-electron chi connectivity index (χ2n) is 11.6. The van der Waals surface area contributed by atoms with Crippen molar-refractivity contribution in [3.63, 3.8) is 0 Å². The van der Waals surface area contributed by atoms with E-state index in [1.165, 1.54) is 10.9 Å². The number of anilines is 1. The molecule has 192 valence electrons. The summed E-state index contributed by atoms with van der Waals surface area (Å²) in [7, 11) is 0. The van der Waals surface area contributed by atoms with Gasteiger partial charge in [0.05, 0.1) is 6.33 Å². The molecule has 3 aliphatic carbocycles. The molecule has 3 heterocycles. The van der Waals surface area contributed by atoms with E-state index in [1.807, 2.05) is 0 Å². The lowest BCUT2D eigenvalue weighted by molar-refractivity contribution is -0.137. The Morgan fingerprint density at radius 3 is 2.61 bits per heavy atom. The summed E-state index contributed by atoms with van der Waals surface area (Å²) in [6.45, 7) is 6.49. The number of nitrogens with two attached hydrogens (primary N) is 1. The number of nitrogens with one attached hydrogen (secondary N) is 1. The van der Waals surface area contributed by atoms with Gasteiger partial charge in [-0.15, -0.1) is 0 Å². The number of hydrogen-bond donors (Lipinski definition) is 5. The molecule has 7 atom stereocenters. The van der Waals surface area contributed by atoms with Gasteiger partial charge in [0.25, 0.3) is 5.91 Å². The van der Waals surface area contributed by atoms with E-state index >= 15 is 0 Å². The number of amides is 1. The maximum Gasteiger partial charge on any atom is 0.252 e. The lowest BCUT2D eigenvalue weighted by Gasteiger charge is -2.42. The van der Waals surface area contributed by atoms with Crippen molar-refractivity contribution in [2.24, 2.45) is 16.7 Å². The summed E-state index contributed by atoms with van der Waals surface area (Å²) in [5.74, 6) is 6.12. The van der Waals surface area contributed by atoms with Crippen LogP contribution in [0, 0.1) is 28.6 Å². The van der Waals surface area contributed by atoms with Crippen LogP contribution >= 0.6 is 0 Å². The van der Waals surface area contributed by atoms with Gasteiger partial charge in [-0.2, -0.15) is 0 Å². The van der Waals surface area contributed by atoms with E-state index in [0.717, 1.165) is 25.7 Å². The Morgan fingerprint density at radius 1 is 1.22 bits per heavy atom. The van der Waals surface area contributed by atoms with Gasteiger partial charge in [0.2, 0.25) is 5.82 Å². The van der Waals surface area contributed by atoms with Crippen LogP contribution in [0.5, 0.6) is 0 Å². The third kappa shape index (κ3) is 3.21. The zero-order valence-electron chi connectivity index (χ0n) is 20.6. The van der Waals surface area contributed by atoms with Gasteiger partial charge in [-0.3, -0.25) is 9.36 Å². The summed E-state index contributed by atoms with van der Waals surface area (Å²) in [6.07, 6.45) is 0.600. The molecule has 1 aliphatic heterocycles. The normalized spacial score (nSPS) is 38.8. The number of carbonyl (C=O) groups excluding carboxylic acids is 1. The van der Waals surface area contributed by atoms with Crippen molar-refractivity contribution in [2.45, 2.75) is 89.1 Å². The standard InChI is InChI=1S/C25H32N6O5/c1-23(2)12-6-8-24(23,3)25(35,10-12)9-7-14-29-19(26)15-20(30-14)31(11-27-15)22-17(33)16(32)18(36-22)21(34)28-13-4-5-13/h11-13,16-18,22,32-33,35H,4-6,8,10H2,1-3H3,(H,28,34)(H2,26,29,30)/t12-,16+,17-,18+,22-,24+,25-/m1/s1. The zero-order chi connectivity index (χ0) is 25.6. The Labute approximate surface area is 208 Å². The van der Waals surface area contributed by atoms with Crippen LogP contribution in [0.15, 0.2) is 6.33 Å². The van der Waals surface area contributed by atoms with E-state index in [2.05, 4.69) is 52.9 Å². The summed E-state index contributed by atoms with van der Waals surface area (Å²) < 4.78 is 7.19. The van der Waals surface area contributed by atoms with Gasteiger partial charge in [0, 0.05) is 11.5 Å². The van der Waals surface area contributed by atoms with Gasteiger partial charge < -0.3 is 31.1 Å². The number of aliphatic hydroxyl groups is 3. The van der Waals surface area contributed by atoms with Crippen LogP contribution in [-0.4, -0.2) is 70.7 Å². The first kappa shape index (κ1) is 23.6. The molecule has 2 bridgehead atoms. The van der Waals surface area contributed by atoms with Crippen molar-refractivity contribution in [1.82, 2.24) is 24.8 Å². The molecule has 3 saturated carbocycles. The van der Waals surface area contributed by atoms with Gasteiger partial charge in [-0.25, -0.2) is 15.0 Å². The van der Waals surface area contributed by atoms with Crippen molar-refractivity contribution in [2.75, 3.05) is 5.73 Å². The van der Waals surface area contributed by atoms with Crippen LogP contribution in [-0.2, 0) is 9.53 Å². The van der Waals surface area contributed by atoms with Gasteiger partial charge >= 0.3 is 0 Å². The lowest BCUT2D eigenvalue weighted by atomic mass is 9.64. The molecule has 4 aliphatic rings. The highest BCUT2D eigenvalue weighted by Gasteiger charge is 2.68. The zero-order valence-corrected chi connectivity index (χ0v) is 20.6. The maximum absolute atomic E-state index is 12.5. The fourth-order valence-electron chi connectivity index (χ4n) is 6.42. The lowest BCUT2D eigenvalue weighted by Crippen LogP contribution is -2.46. The average molecular weight is 497 g/mol. The van der Waals surface area contributed by atoms with Crippen molar-refractivity contribution in [3.05, 3.63) is 12.2 Å². The second-order valence-corrected chi connectivity index (χ2v) is 11.6. The SMILES string of the molecule is CC1(C)[C@@H]2CC[C@]1(C)[C@@](O)(C#Cc1nc(N)c3ncn([C@@H]4O[C@H](C(=O)NC5CC5)[C@@H](O)[C@H]4O)c3n1)C2. The number of rotatable bonds is 3. The van der Waals surface area contributed by atoms with Crippen LogP contribution < -0.4 is 11.1 Å². The number of nitrogen functional groups attached to an aromatic ring is 1. The number of nitrogens with zero attached hydrogens (tertiary/aromatic N) is 4. The number of fused-ring (bicyclic) bond motifs is 3. The van der Waals surface area contributed by atoms with Crippen molar-refractivity contribution >= 4 is 22.9 Å². The predicted molar refractivity (Wildman–Crippen MR) is 128 cm³/mol. The van der Waals surface area contributed by atoms with E-state index in [1.54, 1.807) is 0 Å². The largest absolute Gasteiger partial charge is 0.387 e. The Hall–Kier alpha value is -2.78. The highest BCUT2D eigenvalue weighted by Crippen LogP contribution is 2.69. The molecule has 6 rings (SSSR count). The molecule has 2 aromatic heterocycles. The molecule has 0 aromatic carbocycles. The smallest absolute Gasteiger partial charge is 0.252 e. The topological polar surface area (TPSA) is 169 Å². The first-order chi connectivity index (χ1) is 16.9. The monoisotopic (exact) mass is 496 g/mol. The molecule has 11 nitrogen and oxygen atoms in total. The molecule has 36 heavy (non-hydrogen) atoms. The van der Waals surface area contributed by atoms with Crippen LogP contribution in [0.25, 0.3) is 11.2 Å². The number of ether oxygens (including phenoxy) is 1. The summed E-state index contributed by atoms with van der Waals surface area (Å²) in [6, 6.07) is 0.0879. The summed E-state index contributed by atoms with van der Waals surface area (Å²) in [4.78, 5) is 25.5. The van der Waals surface area contributed by atoms with Crippen LogP contribution in [0.3, 0.4) is 0 Å². The third-order valence-corrected chi connectivity index (χ3v) is 9.41. The number of hydrogen-bond acceptors (Lipinski definition) is 9. The average Bonchev–Trinajstić information content (AvgIpc) is 3.35. The molecule has 0 spiro atoms. The Bertz CT molecular complexity index is 1310. The molecular weight excluding hydrogens is 464 g/mol. The minimum absolute atomic E-state index is 0.0297. The highest BCUT2D eigenvalue weighted by atomic mass is 16.6. The molecule has 1 amide bonds. The minimum Gasteiger partial charge on any atom is -0.387 e. The molecule has 2 aromatic rings. The second kappa shape index (κ2) is 7.61. The van der Waals surface area contributed by atoms with Crippen molar-refractivity contribution in [1.29, 1.82) is 0 Å². The molecule has 11 heteroatoms. The van der Waals surface area contributed by atoms with Gasteiger partial charge in [-0.1, -0.05) is 26.7 Å². The molecule has 6 N–H and O–H groups in total. The summed E-state index contributed by atoms with van der Waals surface area (Å²) >= 11 is 0. The van der Waals surface area contributed by atoms with Gasteiger partial charge in [0.1, 0.15) is 23.3 Å². The van der Waals surface area contributed by atoms with Crippen molar-refractivity contribution < 1.29 is 24.9 Å². The fraction of sp³-hybridized carbons (Fsp3) is 0.680. The first-order valence-corrected chi connectivity index (χ1v) is 12.5. The minimum atomic E-state index is -1.42. The van der Waals surface area contributed by atoms with Gasteiger partial charge in [-0.05, 0) is 49.4 Å². The third-order valence-electron chi connectivity index (χ3n) is 9.41. The van der Waals surface area contributed by atoms with E-state index in [0.29, 0.717) is 12.3 Å². The van der Waals surface area contributed by atoms with E-state index < -0.39 is 36.0 Å². The molecule has 0 unspecified atom stereocenters. The number of aromatic nitrogens is 4. The van der Waals surface area contributed by atoms with Crippen LogP contribution in [0.4, 0.5) is 5.82 Å². The number of imidazole rings is 1. The quantitative estimate of drug-likeness (QED) is 0.374. The van der Waals surface area contributed by atoms with Crippen LogP contribution in [0.1, 0.15) is 64.9 Å². The molecule has 1 saturated heterocycles. The summed E-state index contributed by atoms with van der Waals surface area (Å²) in [5, 5.41) is 35.5. The summed E-state index contributed by atoms with van der Waals surface area (Å²) in [5.41, 5.74) is 5.13. The predicted octanol–water partition coefficient (Wildman–Crippen LogP) is 0.235. The van der Waals surface area contributed by atoms with E-state index in [4.69, 9.17) is 10.5 Å². The molecule has 4 fully saturated rings. The Balaban J connectivity index is 1.32. The van der Waals surface area contributed by atoms with E-state index in [-0.39, 0.29) is 39.7 Å². The Kier molecular flexibility index (Phi) is 4.99. The van der Waals surface area contributed by atoms with E-state index in [9.17, 15) is 20.1 Å². The van der Waals surface area contributed by atoms with Gasteiger partial charge in [0.15, 0.2) is 23.8 Å². The number of carbonyl (C=O) groups is 1. The van der Waals surface area contributed by atoms with Crippen molar-refractivity contribution in [3.8, 4) is 11.8 Å².